The number of methoxy groups -OCH3 is 1. The Morgan fingerprint density at radius 2 is 1.83 bits per heavy atom. The van der Waals surface area contributed by atoms with Gasteiger partial charge in [-0.3, -0.25) is 9.69 Å². The molecule has 1 saturated heterocycles. The van der Waals surface area contributed by atoms with E-state index in [1.54, 1.807) is 7.11 Å². The van der Waals surface area contributed by atoms with Crippen LogP contribution in [0.2, 0.25) is 0 Å². The van der Waals surface area contributed by atoms with Crippen molar-refractivity contribution in [3.05, 3.63) is 77.6 Å². The van der Waals surface area contributed by atoms with E-state index in [4.69, 9.17) is 9.47 Å². The normalized spacial score (nSPS) is 14.0. The van der Waals surface area contributed by atoms with Gasteiger partial charge in [0.2, 0.25) is 0 Å². The highest BCUT2D eigenvalue weighted by molar-refractivity contribution is 5.92. The average molecular weight is 491 g/mol. The quantitative estimate of drug-likeness (QED) is 0.407. The highest BCUT2D eigenvalue weighted by Gasteiger charge is 2.20. The molecule has 4 rings (SSSR count). The fourth-order valence-electron chi connectivity index (χ4n) is 4.58. The number of rotatable bonds is 11. The van der Waals surface area contributed by atoms with Crippen molar-refractivity contribution in [2.75, 3.05) is 51.3 Å². The summed E-state index contributed by atoms with van der Waals surface area (Å²) >= 11 is 0. The molecule has 0 unspecified atom stereocenters. The Morgan fingerprint density at radius 3 is 2.58 bits per heavy atom. The number of aromatic nitrogens is 1. The van der Waals surface area contributed by atoms with E-state index in [-0.39, 0.29) is 5.91 Å². The van der Waals surface area contributed by atoms with Crippen LogP contribution in [0.5, 0.6) is 11.5 Å². The summed E-state index contributed by atoms with van der Waals surface area (Å²) in [5, 5.41) is 3.03. The highest BCUT2D eigenvalue weighted by Crippen LogP contribution is 2.31. The van der Waals surface area contributed by atoms with E-state index in [1.807, 2.05) is 48.1 Å². The summed E-state index contributed by atoms with van der Waals surface area (Å²) in [6.07, 6.45) is 3.95. The van der Waals surface area contributed by atoms with Gasteiger partial charge in [-0.05, 0) is 73.8 Å². The van der Waals surface area contributed by atoms with Crippen molar-refractivity contribution in [2.24, 2.45) is 7.05 Å². The van der Waals surface area contributed by atoms with E-state index in [2.05, 4.69) is 46.3 Å². The maximum Gasteiger partial charge on any atom is 0.267 e. The zero-order chi connectivity index (χ0) is 25.3. The Labute approximate surface area is 214 Å². The average Bonchev–Trinajstić information content (AvgIpc) is 3.34. The van der Waals surface area contributed by atoms with E-state index in [0.717, 1.165) is 62.6 Å². The molecule has 0 radical (unpaired) electrons. The fourth-order valence-corrected chi connectivity index (χ4v) is 4.58. The number of carbonyl (C=O) groups is 1. The number of hydrogen-bond acceptors (Lipinski definition) is 5. The van der Waals surface area contributed by atoms with Crippen LogP contribution in [0, 0.1) is 6.92 Å². The molecular formula is C29H38N4O3. The monoisotopic (exact) mass is 490 g/mol. The molecule has 7 heteroatoms. The Kier molecular flexibility index (Phi) is 8.90. The Bertz CT molecular complexity index is 1140. The standard InChI is InChI=1S/C29H38N4O3/c1-23-11-12-28(36-22-24-8-6-9-25(21-24)35-3)27(20-23)33-18-16-32(17-19-33)15-5-4-13-30-29(34)26-10-7-14-31(26)2/h6-12,14,20-21H,4-5,13,15-19,22H2,1-3H3,(H,30,34). The van der Waals surface area contributed by atoms with Crippen LogP contribution in [-0.4, -0.2) is 61.8 Å². The molecule has 7 nitrogen and oxygen atoms in total. The topological polar surface area (TPSA) is 59.0 Å². The molecular weight excluding hydrogens is 452 g/mol. The zero-order valence-corrected chi connectivity index (χ0v) is 21.7. The predicted molar refractivity (Wildman–Crippen MR) is 144 cm³/mol. The number of nitrogens with zero attached hydrogens (tertiary/aromatic N) is 3. The Balaban J connectivity index is 1.22. The van der Waals surface area contributed by atoms with Gasteiger partial charge in [0.15, 0.2) is 0 Å². The van der Waals surface area contributed by atoms with E-state index >= 15 is 0 Å². The van der Waals surface area contributed by atoms with Gasteiger partial charge in [0, 0.05) is 46.0 Å². The first-order valence-corrected chi connectivity index (χ1v) is 12.8. The molecule has 0 spiro atoms. The minimum absolute atomic E-state index is 0.00121. The van der Waals surface area contributed by atoms with E-state index in [9.17, 15) is 4.79 Å². The second-order valence-corrected chi connectivity index (χ2v) is 9.41. The van der Waals surface area contributed by atoms with Crippen LogP contribution in [0.3, 0.4) is 0 Å². The summed E-state index contributed by atoms with van der Waals surface area (Å²) < 4.78 is 13.4. The third-order valence-electron chi connectivity index (χ3n) is 6.72. The lowest BCUT2D eigenvalue weighted by atomic mass is 10.1. The number of ether oxygens (including phenoxy) is 2. The van der Waals surface area contributed by atoms with Crippen LogP contribution >= 0.6 is 0 Å². The molecule has 1 aliphatic rings. The molecule has 192 valence electrons. The van der Waals surface area contributed by atoms with E-state index in [1.165, 1.54) is 11.3 Å². The van der Waals surface area contributed by atoms with Gasteiger partial charge in [-0.1, -0.05) is 18.2 Å². The Morgan fingerprint density at radius 1 is 1.00 bits per heavy atom. The Hall–Kier alpha value is -3.45. The number of benzene rings is 2. The molecule has 2 heterocycles. The first kappa shape index (κ1) is 25.6. The molecule has 0 saturated carbocycles. The van der Waals surface area contributed by atoms with Crippen LogP contribution < -0.4 is 19.7 Å². The second kappa shape index (κ2) is 12.5. The number of unbranched alkanes of at least 4 members (excludes halogenated alkanes) is 1. The van der Waals surface area contributed by atoms with Gasteiger partial charge in [-0.25, -0.2) is 0 Å². The van der Waals surface area contributed by atoms with Gasteiger partial charge in [0.25, 0.3) is 5.91 Å². The molecule has 1 aliphatic heterocycles. The number of carbonyl (C=O) groups excluding carboxylic acids is 1. The van der Waals surface area contributed by atoms with Crippen molar-refractivity contribution in [2.45, 2.75) is 26.4 Å². The minimum atomic E-state index is -0.00121. The first-order chi connectivity index (χ1) is 17.5. The van der Waals surface area contributed by atoms with Crippen molar-refractivity contribution in [1.82, 2.24) is 14.8 Å². The third kappa shape index (κ3) is 6.82. The fraction of sp³-hybridized carbons (Fsp3) is 0.414. The maximum absolute atomic E-state index is 12.2. The molecule has 2 aromatic carbocycles. The summed E-state index contributed by atoms with van der Waals surface area (Å²) in [4.78, 5) is 17.2. The van der Waals surface area contributed by atoms with Crippen LogP contribution in [0.1, 0.15) is 34.5 Å². The highest BCUT2D eigenvalue weighted by atomic mass is 16.5. The van der Waals surface area contributed by atoms with E-state index < -0.39 is 0 Å². The van der Waals surface area contributed by atoms with Gasteiger partial charge in [0.05, 0.1) is 12.8 Å². The number of amides is 1. The van der Waals surface area contributed by atoms with E-state index in [0.29, 0.717) is 18.8 Å². The lowest BCUT2D eigenvalue weighted by Crippen LogP contribution is -2.46. The molecule has 36 heavy (non-hydrogen) atoms. The molecule has 1 fully saturated rings. The van der Waals surface area contributed by atoms with Crippen LogP contribution in [0.4, 0.5) is 5.69 Å². The van der Waals surface area contributed by atoms with Crippen molar-refractivity contribution in [3.63, 3.8) is 0 Å². The maximum atomic E-state index is 12.2. The van der Waals surface area contributed by atoms with Gasteiger partial charge < -0.3 is 24.3 Å². The molecule has 0 bridgehead atoms. The van der Waals surface area contributed by atoms with Gasteiger partial charge >= 0.3 is 0 Å². The second-order valence-electron chi connectivity index (χ2n) is 9.41. The van der Waals surface area contributed by atoms with Crippen molar-refractivity contribution >= 4 is 11.6 Å². The summed E-state index contributed by atoms with van der Waals surface area (Å²) in [6, 6.07) is 18.2. The van der Waals surface area contributed by atoms with Crippen molar-refractivity contribution in [1.29, 1.82) is 0 Å². The molecule has 0 atom stereocenters. The number of nitrogens with one attached hydrogen (secondary N) is 1. The van der Waals surface area contributed by atoms with Gasteiger partial charge in [0.1, 0.15) is 23.8 Å². The number of hydrogen-bond donors (Lipinski definition) is 1. The lowest BCUT2D eigenvalue weighted by Gasteiger charge is -2.37. The van der Waals surface area contributed by atoms with Crippen molar-refractivity contribution < 1.29 is 14.3 Å². The van der Waals surface area contributed by atoms with Gasteiger partial charge in [-0.15, -0.1) is 0 Å². The number of aryl methyl sites for hydroxylation is 2. The smallest absolute Gasteiger partial charge is 0.267 e. The molecule has 1 N–H and O–H groups in total. The van der Waals surface area contributed by atoms with Crippen LogP contribution in [0.25, 0.3) is 0 Å². The zero-order valence-electron chi connectivity index (χ0n) is 21.7. The first-order valence-electron chi connectivity index (χ1n) is 12.8. The lowest BCUT2D eigenvalue weighted by molar-refractivity contribution is 0.0944. The molecule has 0 aliphatic carbocycles. The summed E-state index contributed by atoms with van der Waals surface area (Å²) in [5.74, 6) is 1.76. The number of piperazine rings is 1. The van der Waals surface area contributed by atoms with Crippen LogP contribution in [-0.2, 0) is 13.7 Å². The molecule has 1 aromatic heterocycles. The largest absolute Gasteiger partial charge is 0.497 e. The predicted octanol–water partition coefficient (Wildman–Crippen LogP) is 4.25. The van der Waals surface area contributed by atoms with Crippen molar-refractivity contribution in [3.8, 4) is 11.5 Å². The minimum Gasteiger partial charge on any atom is -0.497 e. The summed E-state index contributed by atoms with van der Waals surface area (Å²) in [6.45, 7) is 8.41. The number of anilines is 1. The SMILES string of the molecule is COc1cccc(COc2ccc(C)cc2N2CCN(CCCCNC(=O)c3cccn3C)CC2)c1. The summed E-state index contributed by atoms with van der Waals surface area (Å²) in [7, 11) is 3.57. The summed E-state index contributed by atoms with van der Waals surface area (Å²) in [5.41, 5.74) is 4.19. The third-order valence-corrected chi connectivity index (χ3v) is 6.72. The van der Waals surface area contributed by atoms with Gasteiger partial charge in [-0.2, -0.15) is 0 Å². The van der Waals surface area contributed by atoms with Crippen LogP contribution in [0.15, 0.2) is 60.8 Å². The molecule has 1 amide bonds. The molecule has 3 aromatic rings.